The second-order valence-corrected chi connectivity index (χ2v) is 6.54. The molecule has 0 atom stereocenters. The van der Waals surface area contributed by atoms with Gasteiger partial charge in [-0.05, 0) is 41.8 Å². The lowest BCUT2D eigenvalue weighted by molar-refractivity contribution is 0.0600. The van der Waals surface area contributed by atoms with Gasteiger partial charge in [0.25, 0.3) is 0 Å². The van der Waals surface area contributed by atoms with Crippen molar-refractivity contribution in [3.63, 3.8) is 0 Å². The van der Waals surface area contributed by atoms with Crippen LogP contribution in [-0.4, -0.2) is 36.2 Å². The summed E-state index contributed by atoms with van der Waals surface area (Å²) in [5, 5.41) is 10.2. The van der Waals surface area contributed by atoms with Gasteiger partial charge in [-0.2, -0.15) is 0 Å². The number of ether oxygens (including phenoxy) is 1. The van der Waals surface area contributed by atoms with Gasteiger partial charge >= 0.3 is 5.97 Å². The van der Waals surface area contributed by atoms with Gasteiger partial charge < -0.3 is 9.84 Å². The van der Waals surface area contributed by atoms with E-state index in [2.05, 4.69) is 4.90 Å². The largest absolute Gasteiger partial charge is 0.465 e. The summed E-state index contributed by atoms with van der Waals surface area (Å²) in [6.45, 7) is 2.27. The van der Waals surface area contributed by atoms with Gasteiger partial charge in [-0.3, -0.25) is 4.90 Å². The summed E-state index contributed by atoms with van der Waals surface area (Å²) in [4.78, 5) is 13.7. The highest BCUT2D eigenvalue weighted by Crippen LogP contribution is 2.23. The third-order valence-electron chi connectivity index (χ3n) is 3.80. The normalized spacial score (nSPS) is 10.9. The number of benzene rings is 2. The van der Waals surface area contributed by atoms with Crippen LogP contribution in [0.2, 0.25) is 10.0 Å². The van der Waals surface area contributed by atoms with E-state index in [-0.39, 0.29) is 12.6 Å². The predicted molar refractivity (Wildman–Crippen MR) is 100 cm³/mol. The van der Waals surface area contributed by atoms with Crippen LogP contribution in [0.1, 0.15) is 27.9 Å². The molecule has 0 bridgehead atoms. The Morgan fingerprint density at radius 1 is 1.04 bits per heavy atom. The monoisotopic (exact) mass is 381 g/mol. The summed E-state index contributed by atoms with van der Waals surface area (Å²) >= 11 is 12.1. The Morgan fingerprint density at radius 3 is 2.28 bits per heavy atom. The summed E-state index contributed by atoms with van der Waals surface area (Å²) in [6, 6.07) is 12.9. The highest BCUT2D eigenvalue weighted by atomic mass is 35.5. The van der Waals surface area contributed by atoms with Crippen molar-refractivity contribution in [2.45, 2.75) is 19.5 Å². The molecule has 0 radical (unpaired) electrons. The van der Waals surface area contributed by atoms with Crippen LogP contribution in [0.3, 0.4) is 0 Å². The zero-order valence-corrected chi connectivity index (χ0v) is 15.6. The molecule has 2 aromatic rings. The van der Waals surface area contributed by atoms with E-state index in [0.717, 1.165) is 17.7 Å². The lowest BCUT2D eigenvalue weighted by Gasteiger charge is -2.22. The first-order chi connectivity index (χ1) is 12.0. The number of esters is 1. The zero-order chi connectivity index (χ0) is 18.2. The number of nitrogens with zero attached hydrogens (tertiary/aromatic N) is 1. The lowest BCUT2D eigenvalue weighted by atomic mass is 10.1. The fraction of sp³-hybridized carbons (Fsp3) is 0.316. The smallest absolute Gasteiger partial charge is 0.337 e. The molecule has 25 heavy (non-hydrogen) atoms. The molecule has 0 aliphatic rings. The number of hydrogen-bond acceptors (Lipinski definition) is 4. The maximum atomic E-state index is 11.5. The van der Waals surface area contributed by atoms with Crippen molar-refractivity contribution < 1.29 is 14.6 Å². The molecule has 0 saturated carbocycles. The van der Waals surface area contributed by atoms with Crippen LogP contribution in [0.5, 0.6) is 0 Å². The Labute approximate surface area is 157 Å². The van der Waals surface area contributed by atoms with Crippen LogP contribution in [0.15, 0.2) is 42.5 Å². The van der Waals surface area contributed by atoms with Gasteiger partial charge in [0.2, 0.25) is 0 Å². The second-order valence-electron chi connectivity index (χ2n) is 5.72. The number of halogens is 2. The number of carbonyl (C=O) groups is 1. The highest BCUT2D eigenvalue weighted by molar-refractivity contribution is 6.42. The lowest BCUT2D eigenvalue weighted by Crippen LogP contribution is -2.24. The summed E-state index contributed by atoms with van der Waals surface area (Å²) in [6.07, 6.45) is 0.682. The van der Waals surface area contributed by atoms with Gasteiger partial charge in [-0.1, -0.05) is 41.4 Å². The van der Waals surface area contributed by atoms with E-state index in [4.69, 9.17) is 33.0 Å². The van der Waals surface area contributed by atoms with Crippen molar-refractivity contribution in [1.29, 1.82) is 0 Å². The van der Waals surface area contributed by atoms with Crippen molar-refractivity contribution >= 4 is 29.2 Å². The average molecular weight is 382 g/mol. The molecule has 0 fully saturated rings. The van der Waals surface area contributed by atoms with Crippen LogP contribution in [0, 0.1) is 0 Å². The van der Waals surface area contributed by atoms with Gasteiger partial charge in [0, 0.05) is 26.2 Å². The highest BCUT2D eigenvalue weighted by Gasteiger charge is 2.10. The first kappa shape index (κ1) is 19.7. The third kappa shape index (κ3) is 6.01. The molecule has 0 unspecified atom stereocenters. The van der Waals surface area contributed by atoms with E-state index in [1.807, 2.05) is 24.3 Å². The molecule has 2 aromatic carbocycles. The van der Waals surface area contributed by atoms with Crippen LogP contribution in [-0.2, 0) is 17.8 Å². The van der Waals surface area contributed by atoms with E-state index in [1.165, 1.54) is 7.11 Å². The number of aliphatic hydroxyl groups excluding tert-OH is 1. The van der Waals surface area contributed by atoms with Crippen molar-refractivity contribution in [1.82, 2.24) is 4.90 Å². The Hall–Kier alpha value is -1.59. The second kappa shape index (κ2) is 9.78. The topological polar surface area (TPSA) is 49.8 Å². The Balaban J connectivity index is 2.08. The van der Waals surface area contributed by atoms with E-state index in [0.29, 0.717) is 35.1 Å². The SMILES string of the molecule is COC(=O)c1ccc(CN(CCCO)Cc2ccc(Cl)c(Cl)c2)cc1. The fourth-order valence-corrected chi connectivity index (χ4v) is 2.85. The Bertz CT molecular complexity index is 704. The minimum Gasteiger partial charge on any atom is -0.465 e. The van der Waals surface area contributed by atoms with Crippen molar-refractivity contribution in [3.05, 3.63) is 69.2 Å². The number of carbonyl (C=O) groups excluding carboxylic acids is 1. The fourth-order valence-electron chi connectivity index (χ4n) is 2.53. The predicted octanol–water partition coefficient (Wildman–Crippen LogP) is 4.16. The van der Waals surface area contributed by atoms with Gasteiger partial charge in [-0.15, -0.1) is 0 Å². The number of aliphatic hydroxyl groups is 1. The molecule has 0 saturated heterocycles. The van der Waals surface area contributed by atoms with Crippen molar-refractivity contribution in [3.8, 4) is 0 Å². The Morgan fingerprint density at radius 2 is 1.68 bits per heavy atom. The van der Waals surface area contributed by atoms with E-state index >= 15 is 0 Å². The Kier molecular flexibility index (Phi) is 7.72. The van der Waals surface area contributed by atoms with E-state index < -0.39 is 0 Å². The summed E-state index contributed by atoms with van der Waals surface area (Å²) in [5.74, 6) is -0.348. The average Bonchev–Trinajstić information content (AvgIpc) is 2.62. The van der Waals surface area contributed by atoms with Crippen LogP contribution in [0.25, 0.3) is 0 Å². The van der Waals surface area contributed by atoms with Crippen molar-refractivity contribution in [2.24, 2.45) is 0 Å². The van der Waals surface area contributed by atoms with Gasteiger partial charge in [0.15, 0.2) is 0 Å². The molecule has 0 amide bonds. The molecule has 0 spiro atoms. The molecular weight excluding hydrogens is 361 g/mol. The van der Waals surface area contributed by atoms with Gasteiger partial charge in [0.05, 0.1) is 22.7 Å². The number of hydrogen-bond donors (Lipinski definition) is 1. The van der Waals surface area contributed by atoms with Crippen LogP contribution < -0.4 is 0 Å². The van der Waals surface area contributed by atoms with Gasteiger partial charge in [-0.25, -0.2) is 4.79 Å². The number of methoxy groups -OCH3 is 1. The first-order valence-electron chi connectivity index (χ1n) is 7.98. The molecule has 0 heterocycles. The third-order valence-corrected chi connectivity index (χ3v) is 4.54. The maximum absolute atomic E-state index is 11.5. The quantitative estimate of drug-likeness (QED) is 0.697. The standard InChI is InChI=1S/C19H21Cl2NO3/c1-25-19(24)16-6-3-14(4-7-16)12-22(9-2-10-23)13-15-5-8-17(20)18(21)11-15/h3-8,11,23H,2,9-10,12-13H2,1H3. The summed E-state index contributed by atoms with van der Waals surface area (Å²) < 4.78 is 4.71. The minimum absolute atomic E-state index is 0.138. The molecule has 6 heteroatoms. The zero-order valence-electron chi connectivity index (χ0n) is 14.0. The molecule has 4 nitrogen and oxygen atoms in total. The van der Waals surface area contributed by atoms with Crippen molar-refractivity contribution in [2.75, 3.05) is 20.3 Å². The molecule has 134 valence electrons. The molecule has 0 aliphatic heterocycles. The van der Waals surface area contributed by atoms with E-state index in [1.54, 1.807) is 18.2 Å². The van der Waals surface area contributed by atoms with E-state index in [9.17, 15) is 4.79 Å². The molecule has 0 aromatic heterocycles. The van der Waals surface area contributed by atoms with Gasteiger partial charge in [0.1, 0.15) is 0 Å². The molecule has 0 aliphatic carbocycles. The minimum atomic E-state index is -0.348. The first-order valence-corrected chi connectivity index (χ1v) is 8.73. The van der Waals surface area contributed by atoms with Crippen LogP contribution in [0.4, 0.5) is 0 Å². The summed E-state index contributed by atoms with van der Waals surface area (Å²) in [5.41, 5.74) is 2.65. The number of rotatable bonds is 8. The summed E-state index contributed by atoms with van der Waals surface area (Å²) in [7, 11) is 1.37. The molecular formula is C19H21Cl2NO3. The maximum Gasteiger partial charge on any atom is 0.337 e. The van der Waals surface area contributed by atoms with Crippen LogP contribution >= 0.6 is 23.2 Å². The molecule has 2 rings (SSSR count). The molecule has 1 N–H and O–H groups in total.